The Labute approximate surface area is 105 Å². The van der Waals surface area contributed by atoms with Crippen molar-refractivity contribution in [1.29, 1.82) is 0 Å². The van der Waals surface area contributed by atoms with Crippen LogP contribution < -0.4 is 5.73 Å². The van der Waals surface area contributed by atoms with Gasteiger partial charge in [-0.3, -0.25) is 0 Å². The number of thiazole rings is 1. The van der Waals surface area contributed by atoms with E-state index in [0.717, 1.165) is 21.1 Å². The lowest BCUT2D eigenvalue weighted by molar-refractivity contribution is 0.813. The molecule has 0 bridgehead atoms. The molecule has 0 unspecified atom stereocenters. The molecule has 90 valence electrons. The van der Waals surface area contributed by atoms with Gasteiger partial charge in [-0.15, -0.1) is 11.3 Å². The normalized spacial score (nSPS) is 11.1. The lowest BCUT2D eigenvalue weighted by Crippen LogP contribution is -1.99. The zero-order valence-electron chi connectivity index (χ0n) is 10.3. The number of hydrogen-bond acceptors (Lipinski definition) is 5. The topological polar surface area (TPSA) is 64.7 Å². The molecular weight excluding hydrogens is 232 g/mol. The second kappa shape index (κ2) is 4.89. The van der Waals surface area contributed by atoms with Crippen LogP contribution in [0.15, 0.2) is 12.4 Å². The molecular formula is C12H16N4S. The zero-order chi connectivity index (χ0) is 12.4. The van der Waals surface area contributed by atoms with Gasteiger partial charge >= 0.3 is 0 Å². The van der Waals surface area contributed by atoms with Gasteiger partial charge < -0.3 is 5.73 Å². The van der Waals surface area contributed by atoms with Crippen molar-refractivity contribution in [2.45, 2.75) is 33.2 Å². The monoisotopic (exact) mass is 248 g/mol. The second-order valence-corrected chi connectivity index (χ2v) is 5.35. The molecule has 2 aromatic rings. The quantitative estimate of drug-likeness (QED) is 0.906. The summed E-state index contributed by atoms with van der Waals surface area (Å²) in [6, 6.07) is 0. The van der Waals surface area contributed by atoms with Gasteiger partial charge in [0.15, 0.2) is 10.8 Å². The molecule has 0 aliphatic carbocycles. The highest BCUT2D eigenvalue weighted by Crippen LogP contribution is 2.29. The molecule has 0 atom stereocenters. The first-order valence-electron chi connectivity index (χ1n) is 5.60. The molecule has 0 radical (unpaired) electrons. The van der Waals surface area contributed by atoms with Crippen molar-refractivity contribution in [2.75, 3.05) is 0 Å². The number of aryl methyl sites for hydroxylation is 1. The van der Waals surface area contributed by atoms with Gasteiger partial charge in [0.2, 0.25) is 0 Å². The van der Waals surface area contributed by atoms with Crippen LogP contribution in [0.5, 0.6) is 0 Å². The molecule has 0 aromatic carbocycles. The number of nitrogens with two attached hydrogens (primary N) is 1. The van der Waals surface area contributed by atoms with E-state index in [-0.39, 0.29) is 0 Å². The molecule has 2 aromatic heterocycles. The van der Waals surface area contributed by atoms with Gasteiger partial charge in [-0.05, 0) is 18.4 Å². The highest BCUT2D eigenvalue weighted by Gasteiger charge is 2.15. The summed E-state index contributed by atoms with van der Waals surface area (Å²) in [6.07, 6.45) is 3.61. The van der Waals surface area contributed by atoms with Crippen molar-refractivity contribution in [3.05, 3.63) is 28.5 Å². The Balaban J connectivity index is 2.42. The third-order valence-corrected chi connectivity index (χ3v) is 3.52. The summed E-state index contributed by atoms with van der Waals surface area (Å²) < 4.78 is 0. The van der Waals surface area contributed by atoms with E-state index >= 15 is 0 Å². The van der Waals surface area contributed by atoms with E-state index in [9.17, 15) is 0 Å². The van der Waals surface area contributed by atoms with E-state index in [1.54, 1.807) is 23.7 Å². The summed E-state index contributed by atoms with van der Waals surface area (Å²) in [5.41, 5.74) is 7.85. The number of rotatable bonds is 3. The molecule has 0 aliphatic rings. The van der Waals surface area contributed by atoms with Gasteiger partial charge in [-0.25, -0.2) is 15.0 Å². The van der Waals surface area contributed by atoms with Crippen LogP contribution in [0.25, 0.3) is 10.8 Å². The Kier molecular flexibility index (Phi) is 3.49. The molecule has 2 rings (SSSR count). The minimum absolute atomic E-state index is 0.379. The standard InChI is InChI=1S/C12H16N4S/c1-7(2)10-9(4-13)17-12(16-10)11-14-5-8(3)6-15-11/h5-7H,4,13H2,1-3H3. The van der Waals surface area contributed by atoms with E-state index in [0.29, 0.717) is 18.3 Å². The van der Waals surface area contributed by atoms with E-state index in [2.05, 4.69) is 28.8 Å². The largest absolute Gasteiger partial charge is 0.326 e. The first kappa shape index (κ1) is 12.1. The predicted molar refractivity (Wildman–Crippen MR) is 69.9 cm³/mol. The Morgan fingerprint density at radius 3 is 2.41 bits per heavy atom. The van der Waals surface area contributed by atoms with E-state index in [4.69, 9.17) is 5.73 Å². The molecule has 0 saturated carbocycles. The number of nitrogens with zero attached hydrogens (tertiary/aromatic N) is 3. The van der Waals surface area contributed by atoms with Crippen molar-refractivity contribution in [1.82, 2.24) is 15.0 Å². The highest BCUT2D eigenvalue weighted by atomic mass is 32.1. The van der Waals surface area contributed by atoms with Gasteiger partial charge in [0, 0.05) is 23.8 Å². The molecule has 5 heteroatoms. The second-order valence-electron chi connectivity index (χ2n) is 4.27. The molecule has 2 heterocycles. The fraction of sp³-hybridized carbons (Fsp3) is 0.417. The van der Waals surface area contributed by atoms with Crippen LogP contribution in [0.2, 0.25) is 0 Å². The zero-order valence-corrected chi connectivity index (χ0v) is 11.1. The van der Waals surface area contributed by atoms with E-state index in [1.165, 1.54) is 0 Å². The van der Waals surface area contributed by atoms with Crippen LogP contribution in [0.4, 0.5) is 0 Å². The molecule has 0 amide bonds. The summed E-state index contributed by atoms with van der Waals surface area (Å²) in [5, 5.41) is 0.856. The molecule has 2 N–H and O–H groups in total. The van der Waals surface area contributed by atoms with Gasteiger partial charge in [0.1, 0.15) is 0 Å². The van der Waals surface area contributed by atoms with Gasteiger partial charge in [0.05, 0.1) is 5.69 Å². The van der Waals surface area contributed by atoms with Crippen LogP contribution in [-0.2, 0) is 6.54 Å². The van der Waals surface area contributed by atoms with Gasteiger partial charge in [-0.2, -0.15) is 0 Å². The third kappa shape index (κ3) is 2.50. The third-order valence-electron chi connectivity index (χ3n) is 2.43. The first-order chi connectivity index (χ1) is 8.11. The van der Waals surface area contributed by atoms with E-state index in [1.807, 2.05) is 6.92 Å². The molecule has 4 nitrogen and oxygen atoms in total. The minimum atomic E-state index is 0.379. The summed E-state index contributed by atoms with van der Waals surface area (Å²) in [4.78, 5) is 14.3. The fourth-order valence-electron chi connectivity index (χ4n) is 1.56. The van der Waals surface area contributed by atoms with Crippen molar-refractivity contribution < 1.29 is 0 Å². The average Bonchev–Trinajstić information content (AvgIpc) is 2.74. The van der Waals surface area contributed by atoms with Gasteiger partial charge in [-0.1, -0.05) is 13.8 Å². The van der Waals surface area contributed by atoms with Crippen molar-refractivity contribution in [3.63, 3.8) is 0 Å². The molecule has 17 heavy (non-hydrogen) atoms. The van der Waals surface area contributed by atoms with Crippen LogP contribution in [-0.4, -0.2) is 15.0 Å². The Morgan fingerprint density at radius 1 is 1.29 bits per heavy atom. The molecule has 0 spiro atoms. The Bertz CT molecular complexity index is 502. The maximum atomic E-state index is 5.73. The average molecular weight is 248 g/mol. The van der Waals surface area contributed by atoms with E-state index < -0.39 is 0 Å². The highest BCUT2D eigenvalue weighted by molar-refractivity contribution is 7.15. The summed E-state index contributed by atoms with van der Waals surface area (Å²) in [6.45, 7) is 6.73. The molecule has 0 aliphatic heterocycles. The smallest absolute Gasteiger partial charge is 0.188 e. The van der Waals surface area contributed by atoms with Crippen LogP contribution >= 0.6 is 11.3 Å². The first-order valence-corrected chi connectivity index (χ1v) is 6.42. The fourth-order valence-corrected chi connectivity index (χ4v) is 2.60. The maximum Gasteiger partial charge on any atom is 0.188 e. The number of aromatic nitrogens is 3. The Morgan fingerprint density at radius 2 is 1.94 bits per heavy atom. The van der Waals surface area contributed by atoms with Crippen LogP contribution in [0, 0.1) is 6.92 Å². The predicted octanol–water partition coefficient (Wildman–Crippen LogP) is 2.49. The van der Waals surface area contributed by atoms with Crippen LogP contribution in [0.1, 0.15) is 35.9 Å². The van der Waals surface area contributed by atoms with Crippen molar-refractivity contribution >= 4 is 11.3 Å². The SMILES string of the molecule is Cc1cnc(-c2nc(C(C)C)c(CN)s2)nc1. The number of hydrogen-bond donors (Lipinski definition) is 1. The maximum absolute atomic E-state index is 5.73. The van der Waals surface area contributed by atoms with Crippen molar-refractivity contribution in [3.8, 4) is 10.8 Å². The van der Waals surface area contributed by atoms with Gasteiger partial charge in [0.25, 0.3) is 0 Å². The molecule has 0 fully saturated rings. The Hall–Kier alpha value is -1.33. The summed E-state index contributed by atoms with van der Waals surface area (Å²) >= 11 is 1.59. The minimum Gasteiger partial charge on any atom is -0.326 e. The lowest BCUT2D eigenvalue weighted by atomic mass is 10.1. The summed E-state index contributed by atoms with van der Waals surface area (Å²) in [5.74, 6) is 1.06. The molecule has 0 saturated heterocycles. The summed E-state index contributed by atoms with van der Waals surface area (Å²) in [7, 11) is 0. The van der Waals surface area contributed by atoms with Crippen molar-refractivity contribution in [2.24, 2.45) is 5.73 Å². The van der Waals surface area contributed by atoms with Crippen LogP contribution in [0.3, 0.4) is 0 Å². The lowest BCUT2D eigenvalue weighted by Gasteiger charge is -2.01.